The summed E-state index contributed by atoms with van der Waals surface area (Å²) in [4.78, 5) is 18.7. The molecular weight excluding hydrogens is 598 g/mol. The van der Waals surface area contributed by atoms with Gasteiger partial charge >= 0.3 is 6.01 Å². The van der Waals surface area contributed by atoms with Crippen molar-refractivity contribution in [1.82, 2.24) is 25.2 Å². The summed E-state index contributed by atoms with van der Waals surface area (Å²) in [5.41, 5.74) is 0.129. The Hall–Kier alpha value is -3.34. The third-order valence-electron chi connectivity index (χ3n) is 11.1. The molecule has 1 aliphatic carbocycles. The van der Waals surface area contributed by atoms with E-state index in [2.05, 4.69) is 25.1 Å². The number of aromatic nitrogens is 3. The van der Waals surface area contributed by atoms with Crippen LogP contribution in [0.3, 0.4) is 0 Å². The van der Waals surface area contributed by atoms with Gasteiger partial charge in [0.2, 0.25) is 0 Å². The number of hydrogen-bond donors (Lipinski definition) is 2. The summed E-state index contributed by atoms with van der Waals surface area (Å²) in [5.74, 6) is 0.515. The van der Waals surface area contributed by atoms with Gasteiger partial charge in [-0.1, -0.05) is 30.2 Å². The molecule has 0 amide bonds. The maximum Gasteiger partial charge on any atom is 0.319 e. The molecule has 234 valence electrons. The van der Waals surface area contributed by atoms with E-state index in [0.29, 0.717) is 69.6 Å². The first-order valence-corrected chi connectivity index (χ1v) is 16.6. The summed E-state index contributed by atoms with van der Waals surface area (Å²) in [6, 6.07) is 9.59. The Balaban J connectivity index is 1.15. The first kappa shape index (κ1) is 27.9. The Morgan fingerprint density at radius 3 is 2.76 bits per heavy atom. The van der Waals surface area contributed by atoms with Crippen LogP contribution in [0.15, 0.2) is 36.5 Å². The normalized spacial score (nSPS) is 30.8. The van der Waals surface area contributed by atoms with E-state index in [-0.39, 0.29) is 35.1 Å². The maximum absolute atomic E-state index is 16.8. The fraction of sp³-hybridized carbons (Fsp3) is 0.500. The zero-order valence-corrected chi connectivity index (χ0v) is 25.6. The van der Waals surface area contributed by atoms with Crippen molar-refractivity contribution in [3.05, 3.63) is 47.4 Å². The highest BCUT2D eigenvalue weighted by Gasteiger charge is 2.58. The van der Waals surface area contributed by atoms with Crippen molar-refractivity contribution >= 4 is 39.1 Å². The minimum atomic E-state index is -0.880. The molecule has 4 aliphatic heterocycles. The van der Waals surface area contributed by atoms with Crippen LogP contribution < -0.4 is 15.0 Å². The Kier molecular flexibility index (Phi) is 6.41. The lowest BCUT2D eigenvalue weighted by molar-refractivity contribution is 0.0832. The third-order valence-corrected chi connectivity index (χ3v) is 11.4. The van der Waals surface area contributed by atoms with Crippen molar-refractivity contribution in [1.29, 1.82) is 0 Å². The molecule has 2 N–H and O–H groups in total. The van der Waals surface area contributed by atoms with Gasteiger partial charge in [-0.25, -0.2) is 8.78 Å². The van der Waals surface area contributed by atoms with Crippen LogP contribution in [0.5, 0.6) is 11.8 Å². The van der Waals surface area contributed by atoms with E-state index in [0.717, 1.165) is 38.8 Å². The van der Waals surface area contributed by atoms with Gasteiger partial charge in [0.15, 0.2) is 5.82 Å². The summed E-state index contributed by atoms with van der Waals surface area (Å²) < 4.78 is 38.1. The highest BCUT2D eigenvalue weighted by molar-refractivity contribution is 6.36. The predicted octanol–water partition coefficient (Wildman–Crippen LogP) is 6.02. The van der Waals surface area contributed by atoms with Crippen molar-refractivity contribution in [2.75, 3.05) is 31.1 Å². The number of pyridine rings is 1. The number of phenolic OH excluding ortho intramolecular Hbond substituents is 1. The number of rotatable bonds is 5. The zero-order valence-electron chi connectivity index (χ0n) is 24.9. The standard InChI is InChI=1S/C34H35ClF2N6O2/c35-26-5-1-3-18-9-23(44)10-24(28(18)26)30-29(37)31-25(13-38-30)32(42-15-21-7-8-22(16-42)39-21)41-33(40-31)45-17-34-11-19-4-2-6-27(19)43(34)14-20(36)12-34/h1,3,5,9-10,13,19-22,27,39,44H,2,4,6-8,11-12,14-17H2/t19-,20+,21?,22?,27-,34-/m1/s1. The number of nitrogens with zero attached hydrogens (tertiary/aromatic N) is 5. The van der Waals surface area contributed by atoms with Gasteiger partial charge in [0.05, 0.1) is 10.9 Å². The number of benzene rings is 2. The van der Waals surface area contributed by atoms with Crippen LogP contribution in [0.4, 0.5) is 14.6 Å². The summed E-state index contributed by atoms with van der Waals surface area (Å²) in [7, 11) is 0. The fourth-order valence-electron chi connectivity index (χ4n) is 9.28. The fourth-order valence-corrected chi connectivity index (χ4v) is 9.56. The molecule has 2 unspecified atom stereocenters. The summed E-state index contributed by atoms with van der Waals surface area (Å²) >= 11 is 6.59. The maximum atomic E-state index is 16.8. The second-order valence-corrected chi connectivity index (χ2v) is 14.2. The van der Waals surface area contributed by atoms with E-state index in [1.54, 1.807) is 24.4 Å². The number of piperazine rings is 1. The largest absolute Gasteiger partial charge is 0.508 e. The van der Waals surface area contributed by atoms with Gasteiger partial charge < -0.3 is 20.1 Å². The van der Waals surface area contributed by atoms with Crippen molar-refractivity contribution in [3.63, 3.8) is 0 Å². The molecule has 2 bridgehead atoms. The van der Waals surface area contributed by atoms with E-state index >= 15 is 4.39 Å². The van der Waals surface area contributed by atoms with Crippen molar-refractivity contribution in [3.8, 4) is 23.0 Å². The van der Waals surface area contributed by atoms with E-state index < -0.39 is 12.0 Å². The first-order chi connectivity index (χ1) is 21.8. The second-order valence-electron chi connectivity index (χ2n) is 13.8. The lowest BCUT2D eigenvalue weighted by Crippen LogP contribution is -2.51. The molecule has 4 saturated heterocycles. The van der Waals surface area contributed by atoms with Gasteiger partial charge in [0, 0.05) is 66.3 Å². The van der Waals surface area contributed by atoms with Crippen molar-refractivity contribution in [2.45, 2.75) is 74.8 Å². The smallest absolute Gasteiger partial charge is 0.319 e. The van der Waals surface area contributed by atoms with Crippen LogP contribution in [-0.2, 0) is 0 Å². The van der Waals surface area contributed by atoms with Crippen LogP contribution in [0.25, 0.3) is 32.9 Å². The van der Waals surface area contributed by atoms with Crippen LogP contribution in [0.1, 0.15) is 44.9 Å². The summed E-state index contributed by atoms with van der Waals surface area (Å²) in [6.07, 6.45) is 7.73. The Morgan fingerprint density at radius 1 is 1.07 bits per heavy atom. The van der Waals surface area contributed by atoms with Gasteiger partial charge in [0.25, 0.3) is 0 Å². The number of halogens is 3. The molecule has 0 radical (unpaired) electrons. The van der Waals surface area contributed by atoms with Gasteiger partial charge in [-0.15, -0.1) is 0 Å². The number of hydrogen-bond acceptors (Lipinski definition) is 8. The molecule has 8 nitrogen and oxygen atoms in total. The van der Waals surface area contributed by atoms with E-state index in [4.69, 9.17) is 21.3 Å². The van der Waals surface area contributed by atoms with E-state index in [1.165, 1.54) is 18.9 Å². The van der Waals surface area contributed by atoms with Crippen LogP contribution >= 0.6 is 11.6 Å². The number of alkyl halides is 1. The number of aromatic hydroxyl groups is 1. The van der Waals surface area contributed by atoms with Gasteiger partial charge in [-0.2, -0.15) is 9.97 Å². The molecule has 0 spiro atoms. The number of nitrogens with one attached hydrogen (secondary N) is 1. The zero-order chi connectivity index (χ0) is 30.4. The molecule has 11 heteroatoms. The summed E-state index contributed by atoms with van der Waals surface area (Å²) in [6.45, 7) is 2.19. The molecule has 2 aromatic heterocycles. The molecule has 5 aliphatic rings. The molecule has 2 aromatic carbocycles. The van der Waals surface area contributed by atoms with E-state index in [9.17, 15) is 9.50 Å². The quantitative estimate of drug-likeness (QED) is 0.276. The number of fused-ring (bicyclic) bond motifs is 7. The minimum Gasteiger partial charge on any atom is -0.508 e. The highest BCUT2D eigenvalue weighted by Crippen LogP contribution is 2.52. The Labute approximate surface area is 264 Å². The van der Waals surface area contributed by atoms with Crippen molar-refractivity contribution < 1.29 is 18.6 Å². The SMILES string of the molecule is Oc1cc(-c2ncc3c(N4CC5CCC(C4)N5)nc(OC[C@@]45C[C@H](F)CN4[C@@H]4CCC[C@@H]4C5)nc3c2F)c2c(Cl)cccc2c1. The molecule has 1 saturated carbocycles. The summed E-state index contributed by atoms with van der Waals surface area (Å²) in [5, 5.41) is 16.4. The number of phenols is 1. The molecule has 4 aromatic rings. The molecule has 6 heterocycles. The monoisotopic (exact) mass is 632 g/mol. The molecule has 45 heavy (non-hydrogen) atoms. The minimum absolute atomic E-state index is 0.0161. The van der Waals surface area contributed by atoms with Crippen LogP contribution in [0, 0.1) is 11.7 Å². The second kappa shape index (κ2) is 10.3. The van der Waals surface area contributed by atoms with Gasteiger partial charge in [-0.05, 0) is 61.6 Å². The topological polar surface area (TPSA) is 86.6 Å². The van der Waals surface area contributed by atoms with Crippen LogP contribution in [0.2, 0.25) is 5.02 Å². The van der Waals surface area contributed by atoms with Crippen molar-refractivity contribution in [2.24, 2.45) is 5.92 Å². The average Bonchev–Trinajstić information content (AvgIpc) is 3.76. The van der Waals surface area contributed by atoms with E-state index in [1.807, 2.05) is 6.07 Å². The van der Waals surface area contributed by atoms with Gasteiger partial charge in [-0.3, -0.25) is 9.88 Å². The lowest BCUT2D eigenvalue weighted by atomic mass is 9.89. The molecular formula is C34H35ClF2N6O2. The highest BCUT2D eigenvalue weighted by atomic mass is 35.5. The number of anilines is 1. The average molecular weight is 633 g/mol. The first-order valence-electron chi connectivity index (χ1n) is 16.2. The van der Waals surface area contributed by atoms with Gasteiger partial charge in [0.1, 0.15) is 35.6 Å². The third kappa shape index (κ3) is 4.47. The molecule has 9 rings (SSSR count). The predicted molar refractivity (Wildman–Crippen MR) is 169 cm³/mol. The Morgan fingerprint density at radius 2 is 1.91 bits per heavy atom. The molecule has 6 atom stereocenters. The Bertz CT molecular complexity index is 1830. The van der Waals surface area contributed by atoms with Crippen LogP contribution in [-0.4, -0.2) is 81.0 Å². The number of ether oxygens (including phenoxy) is 1. The molecule has 5 fully saturated rings. The lowest BCUT2D eigenvalue weighted by Gasteiger charge is -2.35.